The van der Waals surface area contributed by atoms with Crippen molar-refractivity contribution in [2.75, 3.05) is 6.61 Å². The molecule has 5 heteroatoms. The maximum atomic E-state index is 11.6. The minimum Gasteiger partial charge on any atom is -0.464 e. The maximum Gasteiger partial charge on any atom is 0.333 e. The molecule has 0 saturated carbocycles. The van der Waals surface area contributed by atoms with Crippen molar-refractivity contribution in [1.29, 1.82) is 0 Å². The molecular formula is C10H16N2O3. The SMILES string of the molecule is CCOC(=O)C(C)(C)n1ccc(CO)n1. The average molecular weight is 212 g/mol. The van der Waals surface area contributed by atoms with Crippen molar-refractivity contribution in [3.05, 3.63) is 18.0 Å². The second kappa shape index (κ2) is 4.44. The summed E-state index contributed by atoms with van der Waals surface area (Å²) >= 11 is 0. The number of nitrogens with zero attached hydrogens (tertiary/aromatic N) is 2. The van der Waals surface area contributed by atoms with Crippen LogP contribution in [0.3, 0.4) is 0 Å². The fraction of sp³-hybridized carbons (Fsp3) is 0.600. The van der Waals surface area contributed by atoms with Crippen LogP contribution in [0.25, 0.3) is 0 Å². The van der Waals surface area contributed by atoms with Gasteiger partial charge in [-0.1, -0.05) is 0 Å². The van der Waals surface area contributed by atoms with Crippen molar-refractivity contribution < 1.29 is 14.6 Å². The van der Waals surface area contributed by atoms with Crippen LogP contribution < -0.4 is 0 Å². The van der Waals surface area contributed by atoms with Gasteiger partial charge in [0.2, 0.25) is 0 Å². The lowest BCUT2D eigenvalue weighted by atomic mass is 10.1. The van der Waals surface area contributed by atoms with E-state index in [1.165, 1.54) is 4.68 Å². The fourth-order valence-electron chi connectivity index (χ4n) is 1.16. The standard InChI is InChI=1S/C10H16N2O3/c1-4-15-9(14)10(2,3)12-6-5-8(7-13)11-12/h5-6,13H,4,7H2,1-3H3. The van der Waals surface area contributed by atoms with E-state index in [-0.39, 0.29) is 12.6 Å². The molecule has 0 fully saturated rings. The van der Waals surface area contributed by atoms with Crippen LogP contribution in [-0.2, 0) is 21.7 Å². The fourth-order valence-corrected chi connectivity index (χ4v) is 1.16. The normalized spacial score (nSPS) is 11.5. The highest BCUT2D eigenvalue weighted by Gasteiger charge is 2.32. The van der Waals surface area contributed by atoms with Crippen molar-refractivity contribution in [2.45, 2.75) is 32.9 Å². The highest BCUT2D eigenvalue weighted by Crippen LogP contribution is 2.16. The number of carbonyl (C=O) groups is 1. The third kappa shape index (κ3) is 2.36. The lowest BCUT2D eigenvalue weighted by Crippen LogP contribution is -2.37. The van der Waals surface area contributed by atoms with Crippen LogP contribution in [0.15, 0.2) is 12.3 Å². The molecule has 0 amide bonds. The van der Waals surface area contributed by atoms with Crippen molar-refractivity contribution in [3.8, 4) is 0 Å². The second-order valence-electron chi connectivity index (χ2n) is 3.69. The summed E-state index contributed by atoms with van der Waals surface area (Å²) < 4.78 is 6.44. The molecule has 5 nitrogen and oxygen atoms in total. The predicted molar refractivity (Wildman–Crippen MR) is 54.1 cm³/mol. The topological polar surface area (TPSA) is 64.3 Å². The molecule has 1 aromatic rings. The van der Waals surface area contributed by atoms with Crippen LogP contribution in [0.5, 0.6) is 0 Å². The first-order valence-corrected chi connectivity index (χ1v) is 4.85. The summed E-state index contributed by atoms with van der Waals surface area (Å²) in [5, 5.41) is 12.9. The molecule has 1 heterocycles. The van der Waals surface area contributed by atoms with E-state index >= 15 is 0 Å². The van der Waals surface area contributed by atoms with Gasteiger partial charge in [0.15, 0.2) is 5.54 Å². The van der Waals surface area contributed by atoms with Crippen LogP contribution in [0, 0.1) is 0 Å². The quantitative estimate of drug-likeness (QED) is 0.745. The molecule has 0 bridgehead atoms. The molecule has 0 unspecified atom stereocenters. The number of aromatic nitrogens is 2. The zero-order valence-corrected chi connectivity index (χ0v) is 9.23. The van der Waals surface area contributed by atoms with E-state index in [1.807, 2.05) is 0 Å². The Bertz CT molecular complexity index is 344. The monoisotopic (exact) mass is 212 g/mol. The Hall–Kier alpha value is -1.36. The number of ether oxygens (including phenoxy) is 1. The van der Waals surface area contributed by atoms with E-state index in [1.54, 1.807) is 33.0 Å². The lowest BCUT2D eigenvalue weighted by molar-refractivity contribution is -0.152. The first-order valence-electron chi connectivity index (χ1n) is 4.85. The van der Waals surface area contributed by atoms with Crippen molar-refractivity contribution in [2.24, 2.45) is 0 Å². The summed E-state index contributed by atoms with van der Waals surface area (Å²) in [5.41, 5.74) is -0.309. The molecule has 0 atom stereocenters. The average Bonchev–Trinajstić information content (AvgIpc) is 2.66. The van der Waals surface area contributed by atoms with E-state index in [4.69, 9.17) is 9.84 Å². The molecule has 0 radical (unpaired) electrons. The molecule has 84 valence electrons. The van der Waals surface area contributed by atoms with Crippen LogP contribution in [-0.4, -0.2) is 27.5 Å². The number of hydrogen-bond donors (Lipinski definition) is 1. The van der Waals surface area contributed by atoms with E-state index in [2.05, 4.69) is 5.10 Å². The van der Waals surface area contributed by atoms with E-state index < -0.39 is 5.54 Å². The molecule has 0 spiro atoms. The number of carbonyl (C=O) groups excluding carboxylic acids is 1. The van der Waals surface area contributed by atoms with E-state index in [0.717, 1.165) is 0 Å². The Balaban J connectivity index is 2.89. The smallest absolute Gasteiger partial charge is 0.333 e. The molecular weight excluding hydrogens is 196 g/mol. The van der Waals surface area contributed by atoms with Gasteiger partial charge < -0.3 is 9.84 Å². The van der Waals surface area contributed by atoms with Gasteiger partial charge >= 0.3 is 5.97 Å². The molecule has 15 heavy (non-hydrogen) atoms. The second-order valence-corrected chi connectivity index (χ2v) is 3.69. The molecule has 0 aliphatic rings. The first kappa shape index (κ1) is 11.7. The van der Waals surface area contributed by atoms with Gasteiger partial charge in [0.05, 0.1) is 18.9 Å². The summed E-state index contributed by atoms with van der Waals surface area (Å²) in [6.45, 7) is 5.41. The molecule has 1 aromatic heterocycles. The Labute approximate surface area is 88.7 Å². The Kier molecular flexibility index (Phi) is 3.47. The molecule has 0 aliphatic heterocycles. The largest absolute Gasteiger partial charge is 0.464 e. The number of aliphatic hydroxyl groups excluding tert-OH is 1. The van der Waals surface area contributed by atoms with Crippen molar-refractivity contribution >= 4 is 5.97 Å². The van der Waals surface area contributed by atoms with Crippen LogP contribution in [0.1, 0.15) is 26.5 Å². The summed E-state index contributed by atoms with van der Waals surface area (Å²) in [5.74, 6) is -0.336. The number of rotatable bonds is 4. The predicted octanol–water partition coefficient (Wildman–Crippen LogP) is 0.674. The van der Waals surface area contributed by atoms with Gasteiger partial charge in [0.25, 0.3) is 0 Å². The Morgan fingerprint density at radius 2 is 2.33 bits per heavy atom. The third-order valence-corrected chi connectivity index (χ3v) is 2.15. The van der Waals surface area contributed by atoms with E-state index in [9.17, 15) is 4.79 Å². The van der Waals surface area contributed by atoms with Gasteiger partial charge in [-0.2, -0.15) is 5.10 Å². The Morgan fingerprint density at radius 1 is 1.67 bits per heavy atom. The molecule has 1 rings (SSSR count). The van der Waals surface area contributed by atoms with Crippen molar-refractivity contribution in [3.63, 3.8) is 0 Å². The van der Waals surface area contributed by atoms with Gasteiger partial charge in [0.1, 0.15) is 0 Å². The number of aliphatic hydroxyl groups is 1. The van der Waals surface area contributed by atoms with Gasteiger partial charge in [-0.3, -0.25) is 4.68 Å². The minimum absolute atomic E-state index is 0.133. The highest BCUT2D eigenvalue weighted by molar-refractivity contribution is 5.77. The minimum atomic E-state index is -0.844. The number of esters is 1. The molecule has 0 aliphatic carbocycles. The van der Waals surface area contributed by atoms with Crippen molar-refractivity contribution in [1.82, 2.24) is 9.78 Å². The summed E-state index contributed by atoms with van der Waals surface area (Å²) in [7, 11) is 0. The van der Waals surface area contributed by atoms with Gasteiger partial charge in [0, 0.05) is 6.20 Å². The zero-order valence-electron chi connectivity index (χ0n) is 9.23. The summed E-state index contributed by atoms with van der Waals surface area (Å²) in [6, 6.07) is 1.67. The maximum absolute atomic E-state index is 11.6. The van der Waals surface area contributed by atoms with E-state index in [0.29, 0.717) is 12.3 Å². The lowest BCUT2D eigenvalue weighted by Gasteiger charge is -2.22. The van der Waals surface area contributed by atoms with Crippen LogP contribution in [0.2, 0.25) is 0 Å². The van der Waals surface area contributed by atoms with Crippen LogP contribution in [0.4, 0.5) is 0 Å². The molecule has 0 aromatic carbocycles. The first-order chi connectivity index (χ1) is 7.02. The summed E-state index contributed by atoms with van der Waals surface area (Å²) in [4.78, 5) is 11.6. The van der Waals surface area contributed by atoms with Crippen LogP contribution >= 0.6 is 0 Å². The summed E-state index contributed by atoms with van der Waals surface area (Å²) in [6.07, 6.45) is 1.66. The van der Waals surface area contributed by atoms with Gasteiger partial charge in [-0.05, 0) is 26.8 Å². The third-order valence-electron chi connectivity index (χ3n) is 2.15. The van der Waals surface area contributed by atoms with Gasteiger partial charge in [-0.25, -0.2) is 4.79 Å². The Morgan fingerprint density at radius 3 is 2.80 bits per heavy atom. The molecule has 0 saturated heterocycles. The zero-order chi connectivity index (χ0) is 11.5. The van der Waals surface area contributed by atoms with Gasteiger partial charge in [-0.15, -0.1) is 0 Å². The number of hydrogen-bond acceptors (Lipinski definition) is 4. The molecule has 1 N–H and O–H groups in total. The highest BCUT2D eigenvalue weighted by atomic mass is 16.5.